The molecule has 1 N–H and O–H groups in total. The fourth-order valence-corrected chi connectivity index (χ4v) is 1.71. The van der Waals surface area contributed by atoms with Crippen molar-refractivity contribution in [3.05, 3.63) is 0 Å². The zero-order valence-corrected chi connectivity index (χ0v) is 8.73. The van der Waals surface area contributed by atoms with Crippen LogP contribution in [0.3, 0.4) is 0 Å². The van der Waals surface area contributed by atoms with Crippen molar-refractivity contribution in [3.63, 3.8) is 0 Å². The van der Waals surface area contributed by atoms with Crippen LogP contribution in [0.5, 0.6) is 0 Å². The predicted octanol–water partition coefficient (Wildman–Crippen LogP) is -0.378. The van der Waals surface area contributed by atoms with Crippen LogP contribution in [0.25, 0.3) is 0 Å². The van der Waals surface area contributed by atoms with Gasteiger partial charge in [-0.1, -0.05) is 0 Å². The van der Waals surface area contributed by atoms with Gasteiger partial charge in [-0.05, 0) is 20.9 Å². The molecule has 80 valence electrons. The van der Waals surface area contributed by atoms with Crippen molar-refractivity contribution in [1.82, 2.24) is 9.80 Å². The van der Waals surface area contributed by atoms with Gasteiger partial charge in [-0.3, -0.25) is 9.69 Å². The number of aliphatic carboxylic acids is 1. The van der Waals surface area contributed by atoms with Crippen LogP contribution >= 0.6 is 0 Å². The average Bonchev–Trinajstić information content (AvgIpc) is 2.13. The van der Waals surface area contributed by atoms with E-state index in [1.807, 2.05) is 20.9 Å². The van der Waals surface area contributed by atoms with Gasteiger partial charge in [0.2, 0.25) is 0 Å². The summed E-state index contributed by atoms with van der Waals surface area (Å²) in [6.07, 6.45) is 0. The van der Waals surface area contributed by atoms with Crippen LogP contribution in [-0.2, 0) is 9.59 Å². The Morgan fingerprint density at radius 3 is 2.29 bits per heavy atom. The van der Waals surface area contributed by atoms with E-state index in [0.29, 0.717) is 6.54 Å². The zero-order chi connectivity index (χ0) is 10.9. The van der Waals surface area contributed by atoms with Gasteiger partial charge in [-0.25, -0.2) is 4.79 Å². The molecular weight excluding hydrogens is 184 g/mol. The van der Waals surface area contributed by atoms with Gasteiger partial charge in [0.05, 0.1) is 0 Å². The number of amides is 1. The Labute approximate surface area is 83.3 Å². The number of carbonyl (C=O) groups is 2. The second kappa shape index (κ2) is 3.96. The van der Waals surface area contributed by atoms with E-state index in [9.17, 15) is 9.59 Å². The van der Waals surface area contributed by atoms with E-state index in [1.54, 1.807) is 0 Å². The lowest BCUT2D eigenvalue weighted by atomic mass is 10.1. The Kier molecular flexibility index (Phi) is 3.10. The summed E-state index contributed by atoms with van der Waals surface area (Å²) in [6.45, 7) is 5.09. The number of carbonyl (C=O) groups excluding carboxylic acids is 1. The summed E-state index contributed by atoms with van der Waals surface area (Å²) in [5.74, 6) is -2.16. The minimum absolute atomic E-state index is 0.0441. The third-order valence-electron chi connectivity index (χ3n) is 3.02. The average molecular weight is 200 g/mol. The number of carboxylic acid groups (broad SMARTS) is 1. The number of hydrogen-bond acceptors (Lipinski definition) is 3. The van der Waals surface area contributed by atoms with Crippen molar-refractivity contribution in [2.75, 3.05) is 20.1 Å². The number of likely N-dealkylation sites (N-methyl/N-ethyl adjacent to an activating group) is 1. The molecule has 1 saturated heterocycles. The quantitative estimate of drug-likeness (QED) is 0.542. The summed E-state index contributed by atoms with van der Waals surface area (Å²) in [6, 6.07) is 0.157. The summed E-state index contributed by atoms with van der Waals surface area (Å²) in [5.41, 5.74) is 0. The van der Waals surface area contributed by atoms with E-state index in [1.165, 1.54) is 4.90 Å². The Bertz CT molecular complexity index is 254. The summed E-state index contributed by atoms with van der Waals surface area (Å²) < 4.78 is 0. The lowest BCUT2D eigenvalue weighted by Gasteiger charge is -2.42. The van der Waals surface area contributed by atoms with Gasteiger partial charge in [0.15, 0.2) is 0 Å². The van der Waals surface area contributed by atoms with Crippen LogP contribution < -0.4 is 0 Å². The van der Waals surface area contributed by atoms with Crippen molar-refractivity contribution in [2.45, 2.75) is 25.9 Å². The molecule has 0 aromatic carbocycles. The van der Waals surface area contributed by atoms with Gasteiger partial charge in [0, 0.05) is 25.2 Å². The van der Waals surface area contributed by atoms with Crippen LogP contribution in [0.4, 0.5) is 0 Å². The highest BCUT2D eigenvalue weighted by Gasteiger charge is 2.33. The lowest BCUT2D eigenvalue weighted by Crippen LogP contribution is -2.58. The highest BCUT2D eigenvalue weighted by atomic mass is 16.4. The van der Waals surface area contributed by atoms with Crippen molar-refractivity contribution in [3.8, 4) is 0 Å². The molecule has 5 nitrogen and oxygen atoms in total. The van der Waals surface area contributed by atoms with Crippen molar-refractivity contribution >= 4 is 11.9 Å². The van der Waals surface area contributed by atoms with Gasteiger partial charge in [0.1, 0.15) is 0 Å². The van der Waals surface area contributed by atoms with E-state index in [0.717, 1.165) is 6.54 Å². The molecular formula is C9H16N2O3. The number of nitrogens with zero attached hydrogens (tertiary/aromatic N) is 2. The maximum atomic E-state index is 11.3. The van der Waals surface area contributed by atoms with Crippen LogP contribution in [0.2, 0.25) is 0 Å². The van der Waals surface area contributed by atoms with E-state index in [2.05, 4.69) is 4.90 Å². The van der Waals surface area contributed by atoms with E-state index < -0.39 is 11.9 Å². The van der Waals surface area contributed by atoms with Gasteiger partial charge >= 0.3 is 11.9 Å². The van der Waals surface area contributed by atoms with E-state index >= 15 is 0 Å². The molecule has 1 aliphatic rings. The molecule has 5 heteroatoms. The monoisotopic (exact) mass is 200 g/mol. The van der Waals surface area contributed by atoms with Crippen LogP contribution in [0, 0.1) is 0 Å². The molecule has 0 aromatic rings. The SMILES string of the molecule is CC1C(C)N(C(=O)C(=O)O)CCN1C. The molecule has 14 heavy (non-hydrogen) atoms. The molecule has 1 heterocycles. The Morgan fingerprint density at radius 2 is 1.79 bits per heavy atom. The number of hydrogen-bond donors (Lipinski definition) is 1. The second-order valence-corrected chi connectivity index (χ2v) is 3.77. The third kappa shape index (κ3) is 1.87. The van der Waals surface area contributed by atoms with Crippen molar-refractivity contribution < 1.29 is 14.7 Å². The Balaban J connectivity index is 2.73. The summed E-state index contributed by atoms with van der Waals surface area (Å²) in [5, 5.41) is 8.60. The predicted molar refractivity (Wildman–Crippen MR) is 50.9 cm³/mol. The van der Waals surface area contributed by atoms with Gasteiger partial charge in [0.25, 0.3) is 0 Å². The molecule has 0 spiro atoms. The van der Waals surface area contributed by atoms with Gasteiger partial charge in [-0.2, -0.15) is 0 Å². The first-order valence-electron chi connectivity index (χ1n) is 4.69. The van der Waals surface area contributed by atoms with Crippen LogP contribution in [0.1, 0.15) is 13.8 Å². The topological polar surface area (TPSA) is 60.9 Å². The first-order valence-corrected chi connectivity index (χ1v) is 4.69. The van der Waals surface area contributed by atoms with Crippen LogP contribution in [0.15, 0.2) is 0 Å². The third-order valence-corrected chi connectivity index (χ3v) is 3.02. The maximum Gasteiger partial charge on any atom is 0.394 e. The molecule has 2 atom stereocenters. The molecule has 1 fully saturated rings. The molecule has 0 radical (unpaired) electrons. The van der Waals surface area contributed by atoms with Crippen LogP contribution in [-0.4, -0.2) is 59.0 Å². The summed E-state index contributed by atoms with van der Waals surface area (Å²) >= 11 is 0. The molecule has 2 unspecified atom stereocenters. The zero-order valence-electron chi connectivity index (χ0n) is 8.73. The summed E-state index contributed by atoms with van der Waals surface area (Å²) in [7, 11) is 1.98. The molecule has 0 saturated carbocycles. The first kappa shape index (κ1) is 11.0. The Hall–Kier alpha value is -1.10. The van der Waals surface area contributed by atoms with E-state index in [4.69, 9.17) is 5.11 Å². The standard InChI is InChI=1S/C9H16N2O3/c1-6-7(2)11(5-4-10(6)3)8(12)9(13)14/h6-7H,4-5H2,1-3H3,(H,13,14). The minimum atomic E-state index is -1.37. The second-order valence-electron chi connectivity index (χ2n) is 3.77. The molecule has 1 rings (SSSR count). The maximum absolute atomic E-state index is 11.3. The van der Waals surface area contributed by atoms with E-state index in [-0.39, 0.29) is 12.1 Å². The number of carboxylic acids is 1. The highest BCUT2D eigenvalue weighted by molar-refractivity contribution is 6.31. The molecule has 0 bridgehead atoms. The lowest BCUT2D eigenvalue weighted by molar-refractivity contribution is -0.159. The normalized spacial score (nSPS) is 28.9. The molecule has 1 aliphatic heterocycles. The number of rotatable bonds is 0. The van der Waals surface area contributed by atoms with Gasteiger partial charge < -0.3 is 10.0 Å². The largest absolute Gasteiger partial charge is 0.474 e. The first-order chi connectivity index (χ1) is 6.45. The summed E-state index contributed by atoms with van der Waals surface area (Å²) in [4.78, 5) is 25.3. The van der Waals surface area contributed by atoms with Crippen molar-refractivity contribution in [1.29, 1.82) is 0 Å². The Morgan fingerprint density at radius 1 is 1.21 bits per heavy atom. The number of piperazine rings is 1. The molecule has 1 amide bonds. The van der Waals surface area contributed by atoms with Crippen molar-refractivity contribution in [2.24, 2.45) is 0 Å². The fourth-order valence-electron chi connectivity index (χ4n) is 1.71. The van der Waals surface area contributed by atoms with Gasteiger partial charge in [-0.15, -0.1) is 0 Å². The molecule has 0 aliphatic carbocycles. The highest BCUT2D eigenvalue weighted by Crippen LogP contribution is 2.15. The molecule has 0 aromatic heterocycles. The minimum Gasteiger partial charge on any atom is -0.474 e. The fraction of sp³-hybridized carbons (Fsp3) is 0.778. The smallest absolute Gasteiger partial charge is 0.394 e.